The molecule has 1 amide bonds. The van der Waals surface area contributed by atoms with Crippen LogP contribution < -0.4 is 15.8 Å². The average molecular weight is 380 g/mol. The maximum absolute atomic E-state index is 12.5. The zero-order valence-corrected chi connectivity index (χ0v) is 15.6. The summed E-state index contributed by atoms with van der Waals surface area (Å²) < 4.78 is 18.0. The Labute approximate surface area is 160 Å². The minimum Gasteiger partial charge on any atom is -0.490 e. The average Bonchev–Trinajstić information content (AvgIpc) is 3.24. The van der Waals surface area contributed by atoms with Gasteiger partial charge in [-0.25, -0.2) is 4.79 Å². The van der Waals surface area contributed by atoms with Gasteiger partial charge >= 0.3 is 5.76 Å². The molecule has 0 fully saturated rings. The van der Waals surface area contributed by atoms with Crippen LogP contribution in [0.3, 0.4) is 0 Å². The molecule has 144 valence electrons. The zero-order valence-electron chi connectivity index (χ0n) is 15.6. The van der Waals surface area contributed by atoms with Crippen LogP contribution in [0.4, 0.5) is 0 Å². The number of ether oxygens (including phenoxy) is 1. The second-order valence-corrected chi connectivity index (χ2v) is 6.47. The topological polar surface area (TPSA) is 86.6 Å². The van der Waals surface area contributed by atoms with Crippen LogP contribution in [-0.2, 0) is 11.3 Å². The molecule has 2 heterocycles. The standard InChI is InChI=1S/C21H20N2O5/c1-3-26-17-10-6-7-14-11-18(27-20(14)17)13(2)22-19(24)12-23-15-8-4-5-9-16(15)28-21(23)25/h4-11,13H,3,12H2,1-2H3,(H,22,24). The molecule has 1 N–H and O–H groups in total. The highest BCUT2D eigenvalue weighted by Gasteiger charge is 2.18. The van der Waals surface area contributed by atoms with Gasteiger partial charge in [0.15, 0.2) is 16.9 Å². The van der Waals surface area contributed by atoms with Gasteiger partial charge in [-0.2, -0.15) is 0 Å². The van der Waals surface area contributed by atoms with Crippen LogP contribution >= 0.6 is 0 Å². The van der Waals surface area contributed by atoms with Gasteiger partial charge in [-0.1, -0.05) is 24.3 Å². The van der Waals surface area contributed by atoms with Gasteiger partial charge in [0.05, 0.1) is 18.2 Å². The predicted octanol–water partition coefficient (Wildman–Crippen LogP) is 3.62. The monoisotopic (exact) mass is 380 g/mol. The van der Waals surface area contributed by atoms with E-state index in [1.165, 1.54) is 4.57 Å². The van der Waals surface area contributed by atoms with Crippen molar-refractivity contribution in [3.8, 4) is 5.75 Å². The fourth-order valence-corrected chi connectivity index (χ4v) is 3.20. The number of hydrogen-bond donors (Lipinski definition) is 1. The molecule has 0 aliphatic rings. The van der Waals surface area contributed by atoms with E-state index in [0.717, 1.165) is 5.39 Å². The smallest absolute Gasteiger partial charge is 0.420 e. The summed E-state index contributed by atoms with van der Waals surface area (Å²) in [7, 11) is 0. The Morgan fingerprint density at radius 2 is 2.00 bits per heavy atom. The van der Waals surface area contributed by atoms with Gasteiger partial charge in [0, 0.05) is 5.39 Å². The molecule has 0 radical (unpaired) electrons. The molecule has 0 saturated carbocycles. The van der Waals surface area contributed by atoms with E-state index in [4.69, 9.17) is 13.6 Å². The molecular formula is C21H20N2O5. The number of benzene rings is 2. The molecule has 2 aromatic heterocycles. The van der Waals surface area contributed by atoms with E-state index in [2.05, 4.69) is 5.32 Å². The highest BCUT2D eigenvalue weighted by molar-refractivity contribution is 5.84. The number of carbonyl (C=O) groups excluding carboxylic acids is 1. The van der Waals surface area contributed by atoms with E-state index >= 15 is 0 Å². The lowest BCUT2D eigenvalue weighted by Crippen LogP contribution is -2.32. The number of fused-ring (bicyclic) bond motifs is 2. The molecule has 4 aromatic rings. The van der Waals surface area contributed by atoms with Gasteiger partial charge in [-0.15, -0.1) is 0 Å². The van der Waals surface area contributed by atoms with Crippen molar-refractivity contribution >= 4 is 28.0 Å². The van der Waals surface area contributed by atoms with Crippen LogP contribution in [0.1, 0.15) is 25.6 Å². The first-order valence-corrected chi connectivity index (χ1v) is 9.10. The summed E-state index contributed by atoms with van der Waals surface area (Å²) in [6.07, 6.45) is 0. The third kappa shape index (κ3) is 3.26. The van der Waals surface area contributed by atoms with Crippen LogP contribution in [0.25, 0.3) is 22.1 Å². The van der Waals surface area contributed by atoms with Gasteiger partial charge in [-0.3, -0.25) is 9.36 Å². The third-order valence-electron chi connectivity index (χ3n) is 4.51. The van der Waals surface area contributed by atoms with Crippen LogP contribution in [0, 0.1) is 0 Å². The largest absolute Gasteiger partial charge is 0.490 e. The first-order chi connectivity index (χ1) is 13.6. The maximum Gasteiger partial charge on any atom is 0.420 e. The van der Waals surface area contributed by atoms with Gasteiger partial charge < -0.3 is 18.9 Å². The van der Waals surface area contributed by atoms with E-state index in [-0.39, 0.29) is 18.5 Å². The number of nitrogens with zero attached hydrogens (tertiary/aromatic N) is 1. The molecule has 0 saturated heterocycles. The first-order valence-electron chi connectivity index (χ1n) is 9.10. The Morgan fingerprint density at radius 3 is 2.82 bits per heavy atom. The lowest BCUT2D eigenvalue weighted by atomic mass is 10.2. The number of amides is 1. The molecule has 0 spiro atoms. The summed E-state index contributed by atoms with van der Waals surface area (Å²) in [5.41, 5.74) is 1.69. The van der Waals surface area contributed by atoms with Crippen molar-refractivity contribution in [3.05, 3.63) is 64.8 Å². The van der Waals surface area contributed by atoms with E-state index in [0.29, 0.717) is 34.8 Å². The van der Waals surface area contributed by atoms with Gasteiger partial charge in [0.1, 0.15) is 12.3 Å². The van der Waals surface area contributed by atoms with E-state index in [9.17, 15) is 9.59 Å². The Bertz CT molecular complexity index is 1200. The summed E-state index contributed by atoms with van der Waals surface area (Å²) >= 11 is 0. The predicted molar refractivity (Wildman–Crippen MR) is 104 cm³/mol. The number of para-hydroxylation sites is 3. The zero-order chi connectivity index (χ0) is 19.7. The Balaban J connectivity index is 1.53. The molecule has 7 heteroatoms. The van der Waals surface area contributed by atoms with Crippen molar-refractivity contribution in [2.24, 2.45) is 0 Å². The number of hydrogen-bond acceptors (Lipinski definition) is 5. The Kier molecular flexibility index (Phi) is 4.65. The fraction of sp³-hybridized carbons (Fsp3) is 0.238. The molecule has 0 aliphatic heterocycles. The van der Waals surface area contributed by atoms with E-state index in [1.54, 1.807) is 24.3 Å². The second kappa shape index (κ2) is 7.26. The van der Waals surface area contributed by atoms with Crippen molar-refractivity contribution in [1.29, 1.82) is 0 Å². The number of carbonyl (C=O) groups is 1. The lowest BCUT2D eigenvalue weighted by Gasteiger charge is -2.11. The van der Waals surface area contributed by atoms with Crippen molar-refractivity contribution < 1.29 is 18.4 Å². The molecule has 1 atom stereocenters. The lowest BCUT2D eigenvalue weighted by molar-refractivity contribution is -0.122. The molecule has 7 nitrogen and oxygen atoms in total. The van der Waals surface area contributed by atoms with Crippen LogP contribution in [0.2, 0.25) is 0 Å². The quantitative estimate of drug-likeness (QED) is 0.552. The number of aromatic nitrogens is 1. The number of nitrogens with one attached hydrogen (secondary N) is 1. The van der Waals surface area contributed by atoms with Crippen molar-refractivity contribution in [3.63, 3.8) is 0 Å². The summed E-state index contributed by atoms with van der Waals surface area (Å²) in [4.78, 5) is 24.5. The molecule has 0 bridgehead atoms. The molecule has 1 unspecified atom stereocenters. The van der Waals surface area contributed by atoms with Gasteiger partial charge in [0.25, 0.3) is 0 Å². The fourth-order valence-electron chi connectivity index (χ4n) is 3.20. The summed E-state index contributed by atoms with van der Waals surface area (Å²) in [5, 5.41) is 3.77. The molecule has 2 aromatic carbocycles. The minimum atomic E-state index is -0.561. The Morgan fingerprint density at radius 1 is 1.18 bits per heavy atom. The van der Waals surface area contributed by atoms with Crippen LogP contribution in [0.15, 0.2) is 62.2 Å². The van der Waals surface area contributed by atoms with E-state index < -0.39 is 5.76 Å². The summed E-state index contributed by atoms with van der Waals surface area (Å²) in [5.74, 6) is 0.404. The first kappa shape index (κ1) is 17.9. The number of oxazole rings is 1. The van der Waals surface area contributed by atoms with E-state index in [1.807, 2.05) is 38.1 Å². The Hall–Kier alpha value is -3.48. The van der Waals surface area contributed by atoms with Gasteiger partial charge in [-0.05, 0) is 38.1 Å². The molecular weight excluding hydrogens is 360 g/mol. The highest BCUT2D eigenvalue weighted by Crippen LogP contribution is 2.31. The van der Waals surface area contributed by atoms with Crippen LogP contribution in [0.5, 0.6) is 5.75 Å². The highest BCUT2D eigenvalue weighted by atomic mass is 16.5. The molecule has 0 aliphatic carbocycles. The van der Waals surface area contributed by atoms with Crippen LogP contribution in [-0.4, -0.2) is 17.1 Å². The summed E-state index contributed by atoms with van der Waals surface area (Å²) in [6, 6.07) is 14.2. The second-order valence-electron chi connectivity index (χ2n) is 6.47. The van der Waals surface area contributed by atoms with Crippen molar-refractivity contribution in [2.75, 3.05) is 6.61 Å². The van der Waals surface area contributed by atoms with Crippen molar-refractivity contribution in [1.82, 2.24) is 9.88 Å². The maximum atomic E-state index is 12.5. The normalized spacial score (nSPS) is 12.4. The summed E-state index contributed by atoms with van der Waals surface area (Å²) in [6.45, 7) is 4.14. The number of rotatable bonds is 6. The third-order valence-corrected chi connectivity index (χ3v) is 4.51. The SMILES string of the molecule is CCOc1cccc2cc(C(C)NC(=O)Cn3c(=O)oc4ccccc43)oc12. The molecule has 4 rings (SSSR count). The van der Waals surface area contributed by atoms with Crippen molar-refractivity contribution in [2.45, 2.75) is 26.4 Å². The number of furan rings is 1. The minimum absolute atomic E-state index is 0.134. The molecule has 28 heavy (non-hydrogen) atoms. The van der Waals surface area contributed by atoms with Gasteiger partial charge in [0.2, 0.25) is 5.91 Å².